The second kappa shape index (κ2) is 6.47. The predicted octanol–water partition coefficient (Wildman–Crippen LogP) is 4.36. The molecule has 0 aromatic heterocycles. The Morgan fingerprint density at radius 1 is 1.23 bits per heavy atom. The minimum Gasteiger partial charge on any atom is -0.0985 e. The molecule has 0 aliphatic rings. The lowest BCUT2D eigenvalue weighted by Gasteiger charge is -2.01. The Balaban J connectivity index is 0.000000424. The number of benzene rings is 1. The van der Waals surface area contributed by atoms with Crippen LogP contribution in [-0.2, 0) is 0 Å². The summed E-state index contributed by atoms with van der Waals surface area (Å²) in [4.78, 5) is 0. The van der Waals surface area contributed by atoms with Crippen molar-refractivity contribution in [2.24, 2.45) is 0 Å². The van der Waals surface area contributed by atoms with E-state index in [2.05, 4.69) is 52.5 Å². The number of rotatable bonds is 1. The standard InChI is InChI=1S/C10H12.C3H8/c1-4-10-7-5-6-8(2)9(10)3;1-3-2/h4-7H,1H2,2-3H3;3H2,1-2H3. The zero-order chi connectivity index (χ0) is 10.3. The fourth-order valence-electron chi connectivity index (χ4n) is 0.995. The van der Waals surface area contributed by atoms with Gasteiger partial charge in [0.25, 0.3) is 0 Å². The van der Waals surface area contributed by atoms with E-state index in [-0.39, 0.29) is 0 Å². The Morgan fingerprint density at radius 2 is 1.77 bits per heavy atom. The highest BCUT2D eigenvalue weighted by molar-refractivity contribution is 5.53. The van der Waals surface area contributed by atoms with Crippen molar-refractivity contribution in [3.05, 3.63) is 41.5 Å². The van der Waals surface area contributed by atoms with Crippen LogP contribution in [-0.4, -0.2) is 0 Å². The minimum absolute atomic E-state index is 1.24. The van der Waals surface area contributed by atoms with Crippen LogP contribution in [0.1, 0.15) is 37.0 Å². The van der Waals surface area contributed by atoms with Crippen molar-refractivity contribution >= 4 is 6.08 Å². The average Bonchev–Trinajstić information content (AvgIpc) is 2.11. The van der Waals surface area contributed by atoms with Crippen molar-refractivity contribution in [3.63, 3.8) is 0 Å². The Morgan fingerprint density at radius 3 is 2.15 bits per heavy atom. The molecule has 0 spiro atoms. The first kappa shape index (κ1) is 12.0. The summed E-state index contributed by atoms with van der Waals surface area (Å²) in [5.41, 5.74) is 3.90. The molecule has 0 radical (unpaired) electrons. The first-order valence-corrected chi connectivity index (χ1v) is 4.86. The summed E-state index contributed by atoms with van der Waals surface area (Å²) in [6, 6.07) is 6.25. The van der Waals surface area contributed by atoms with Crippen LogP contribution >= 0.6 is 0 Å². The molecule has 72 valence electrons. The highest BCUT2D eigenvalue weighted by Gasteiger charge is 1.93. The van der Waals surface area contributed by atoms with E-state index in [1.807, 2.05) is 6.08 Å². The topological polar surface area (TPSA) is 0 Å². The van der Waals surface area contributed by atoms with Crippen molar-refractivity contribution in [2.45, 2.75) is 34.1 Å². The first-order chi connectivity index (χ1) is 6.17. The molecule has 1 aromatic rings. The molecule has 0 heteroatoms. The van der Waals surface area contributed by atoms with Crippen molar-refractivity contribution in [1.29, 1.82) is 0 Å². The van der Waals surface area contributed by atoms with Crippen molar-refractivity contribution < 1.29 is 0 Å². The summed E-state index contributed by atoms with van der Waals surface area (Å²) in [5, 5.41) is 0. The maximum absolute atomic E-state index is 3.73. The van der Waals surface area contributed by atoms with Crippen LogP contribution in [0.5, 0.6) is 0 Å². The van der Waals surface area contributed by atoms with Gasteiger partial charge >= 0.3 is 0 Å². The van der Waals surface area contributed by atoms with Gasteiger partial charge in [0.15, 0.2) is 0 Å². The lowest BCUT2D eigenvalue weighted by Crippen LogP contribution is -1.83. The van der Waals surface area contributed by atoms with E-state index in [0.717, 1.165) is 0 Å². The van der Waals surface area contributed by atoms with Gasteiger partial charge in [0.05, 0.1) is 0 Å². The minimum atomic E-state index is 1.24. The Hall–Kier alpha value is -1.04. The molecule has 0 aliphatic heterocycles. The van der Waals surface area contributed by atoms with Crippen LogP contribution in [0.2, 0.25) is 0 Å². The predicted molar refractivity (Wildman–Crippen MR) is 62.0 cm³/mol. The third kappa shape index (κ3) is 3.93. The van der Waals surface area contributed by atoms with Gasteiger partial charge < -0.3 is 0 Å². The zero-order valence-electron chi connectivity index (χ0n) is 9.22. The van der Waals surface area contributed by atoms with Gasteiger partial charge in [0, 0.05) is 0 Å². The van der Waals surface area contributed by atoms with Crippen LogP contribution in [0.25, 0.3) is 6.08 Å². The molecule has 13 heavy (non-hydrogen) atoms. The molecule has 0 saturated heterocycles. The first-order valence-electron chi connectivity index (χ1n) is 4.86. The van der Waals surface area contributed by atoms with Crippen LogP contribution < -0.4 is 0 Å². The lowest BCUT2D eigenvalue weighted by atomic mass is 10.0. The van der Waals surface area contributed by atoms with Crippen LogP contribution in [0.4, 0.5) is 0 Å². The van der Waals surface area contributed by atoms with Gasteiger partial charge in [-0.3, -0.25) is 0 Å². The summed E-state index contributed by atoms with van der Waals surface area (Å²) in [6.45, 7) is 12.2. The molecule has 0 heterocycles. The maximum Gasteiger partial charge on any atom is -0.0231 e. The molecule has 0 saturated carbocycles. The molecule has 0 bridgehead atoms. The van der Waals surface area contributed by atoms with Gasteiger partial charge in [0.2, 0.25) is 0 Å². The second-order valence-electron chi connectivity index (χ2n) is 3.20. The molecular weight excluding hydrogens is 156 g/mol. The summed E-state index contributed by atoms with van der Waals surface area (Å²) >= 11 is 0. The smallest absolute Gasteiger partial charge is 0.0231 e. The highest BCUT2D eigenvalue weighted by atomic mass is 14.0. The lowest BCUT2D eigenvalue weighted by molar-refractivity contribution is 1.09. The van der Waals surface area contributed by atoms with Gasteiger partial charge in [0.1, 0.15) is 0 Å². The van der Waals surface area contributed by atoms with Crippen LogP contribution in [0.3, 0.4) is 0 Å². The third-order valence-corrected chi connectivity index (χ3v) is 1.87. The Bertz CT molecular complexity index is 259. The van der Waals surface area contributed by atoms with Gasteiger partial charge in [-0.2, -0.15) is 0 Å². The van der Waals surface area contributed by atoms with Crippen molar-refractivity contribution in [3.8, 4) is 0 Å². The molecule has 1 aromatic carbocycles. The van der Waals surface area contributed by atoms with E-state index in [9.17, 15) is 0 Å². The summed E-state index contributed by atoms with van der Waals surface area (Å²) < 4.78 is 0. The van der Waals surface area contributed by atoms with Gasteiger partial charge in [-0.1, -0.05) is 51.1 Å². The monoisotopic (exact) mass is 176 g/mol. The van der Waals surface area contributed by atoms with Gasteiger partial charge in [-0.15, -0.1) is 0 Å². The number of aryl methyl sites for hydroxylation is 1. The molecule has 1 rings (SSSR count). The SMILES string of the molecule is C=Cc1cccc(C)c1C.CCC. The number of hydrogen-bond acceptors (Lipinski definition) is 0. The molecular formula is C13H20. The molecule has 0 fully saturated rings. The molecule has 0 unspecified atom stereocenters. The van der Waals surface area contributed by atoms with E-state index in [4.69, 9.17) is 0 Å². The van der Waals surface area contributed by atoms with E-state index in [1.54, 1.807) is 0 Å². The van der Waals surface area contributed by atoms with E-state index in [0.29, 0.717) is 0 Å². The highest BCUT2D eigenvalue weighted by Crippen LogP contribution is 2.12. The van der Waals surface area contributed by atoms with Crippen LogP contribution in [0.15, 0.2) is 24.8 Å². The van der Waals surface area contributed by atoms with Crippen molar-refractivity contribution in [2.75, 3.05) is 0 Å². The summed E-state index contributed by atoms with van der Waals surface area (Å²) in [7, 11) is 0. The van der Waals surface area contributed by atoms with Gasteiger partial charge in [-0.25, -0.2) is 0 Å². The van der Waals surface area contributed by atoms with Gasteiger partial charge in [-0.05, 0) is 30.5 Å². The molecule has 0 N–H and O–H groups in total. The summed E-state index contributed by atoms with van der Waals surface area (Å²) in [6.07, 6.45) is 3.14. The molecule has 0 atom stereocenters. The fraction of sp³-hybridized carbons (Fsp3) is 0.385. The maximum atomic E-state index is 3.73. The molecule has 0 amide bonds. The second-order valence-corrected chi connectivity index (χ2v) is 3.20. The third-order valence-electron chi connectivity index (χ3n) is 1.87. The average molecular weight is 176 g/mol. The zero-order valence-corrected chi connectivity index (χ0v) is 9.22. The largest absolute Gasteiger partial charge is 0.0985 e. The normalized spacial score (nSPS) is 8.62. The van der Waals surface area contributed by atoms with Crippen LogP contribution in [0, 0.1) is 13.8 Å². The van der Waals surface area contributed by atoms with Crippen molar-refractivity contribution in [1.82, 2.24) is 0 Å². The number of hydrogen-bond donors (Lipinski definition) is 0. The molecule has 0 aliphatic carbocycles. The quantitative estimate of drug-likeness (QED) is 0.596. The Labute approximate surface area is 82.3 Å². The Kier molecular flexibility index (Phi) is 5.96. The molecule has 0 nitrogen and oxygen atoms in total. The summed E-state index contributed by atoms with van der Waals surface area (Å²) in [5.74, 6) is 0. The van der Waals surface area contributed by atoms with E-state index in [1.165, 1.54) is 23.1 Å². The fourth-order valence-corrected chi connectivity index (χ4v) is 0.995. The van der Waals surface area contributed by atoms with E-state index >= 15 is 0 Å². The van der Waals surface area contributed by atoms with E-state index < -0.39 is 0 Å².